The van der Waals surface area contributed by atoms with Gasteiger partial charge in [-0.25, -0.2) is 0 Å². The molecule has 0 aromatic heterocycles. The monoisotopic (exact) mass is 411 g/mol. The molecule has 0 aliphatic carbocycles. The topological polar surface area (TPSA) is 99.2 Å². The molecule has 3 rings (SSSR count). The molecule has 8 nitrogen and oxygen atoms in total. The first kappa shape index (κ1) is 21.0. The van der Waals surface area contributed by atoms with Crippen LogP contribution in [0, 0.1) is 6.92 Å². The molecule has 0 unspecified atom stereocenters. The number of nitrogens with zero attached hydrogens (tertiary/aromatic N) is 1. The Labute approximate surface area is 173 Å². The van der Waals surface area contributed by atoms with E-state index in [9.17, 15) is 19.2 Å². The highest BCUT2D eigenvalue weighted by molar-refractivity contribution is 6.21. The van der Waals surface area contributed by atoms with Crippen molar-refractivity contribution in [2.45, 2.75) is 13.3 Å². The minimum Gasteiger partial charge on any atom is -0.497 e. The normalized spacial score (nSPS) is 12.6. The number of carbonyl (C=O) groups is 4. The molecule has 156 valence electrons. The molecule has 0 saturated heterocycles. The summed E-state index contributed by atoms with van der Waals surface area (Å²) in [5.74, 6) is -1.25. The molecule has 1 heterocycles. The van der Waals surface area contributed by atoms with E-state index < -0.39 is 30.2 Å². The maximum Gasteiger partial charge on any atom is 0.308 e. The number of hydrogen-bond donors (Lipinski definition) is 0. The standard InChI is InChI=1S/C22H21NO7/c1-13-4-6-15-16(10-13)22(27)23(21(15)26)9-8-20(25)30-12-18(24)17-11-14(28-2)5-7-19(17)29-3/h4-7,10-11H,8-9,12H2,1-3H3. The Morgan fingerprint density at radius 3 is 2.37 bits per heavy atom. The van der Waals surface area contributed by atoms with Crippen LogP contribution in [0.25, 0.3) is 0 Å². The van der Waals surface area contributed by atoms with Crippen LogP contribution in [0.4, 0.5) is 0 Å². The maximum atomic E-state index is 12.4. The molecule has 2 amide bonds. The van der Waals surface area contributed by atoms with E-state index in [0.717, 1.165) is 10.5 Å². The second kappa shape index (κ2) is 8.77. The van der Waals surface area contributed by atoms with Crippen LogP contribution in [-0.2, 0) is 9.53 Å². The van der Waals surface area contributed by atoms with Crippen molar-refractivity contribution in [1.29, 1.82) is 0 Å². The number of rotatable bonds is 8. The number of carbonyl (C=O) groups excluding carboxylic acids is 4. The number of amides is 2. The van der Waals surface area contributed by atoms with Gasteiger partial charge in [0.1, 0.15) is 11.5 Å². The van der Waals surface area contributed by atoms with Gasteiger partial charge in [-0.2, -0.15) is 0 Å². The van der Waals surface area contributed by atoms with Crippen molar-refractivity contribution in [2.75, 3.05) is 27.4 Å². The lowest BCUT2D eigenvalue weighted by molar-refractivity contribution is -0.142. The second-order valence-electron chi connectivity index (χ2n) is 6.71. The molecule has 30 heavy (non-hydrogen) atoms. The van der Waals surface area contributed by atoms with Crippen LogP contribution in [-0.4, -0.2) is 55.8 Å². The van der Waals surface area contributed by atoms with Gasteiger partial charge in [0.05, 0.1) is 37.3 Å². The molecule has 0 bridgehead atoms. The van der Waals surface area contributed by atoms with Gasteiger partial charge < -0.3 is 14.2 Å². The quantitative estimate of drug-likeness (QED) is 0.374. The minimum atomic E-state index is -0.696. The molecule has 0 saturated carbocycles. The van der Waals surface area contributed by atoms with Crippen LogP contribution in [0.1, 0.15) is 43.1 Å². The second-order valence-corrected chi connectivity index (χ2v) is 6.71. The van der Waals surface area contributed by atoms with Crippen molar-refractivity contribution in [1.82, 2.24) is 4.90 Å². The fraction of sp³-hybridized carbons (Fsp3) is 0.273. The summed E-state index contributed by atoms with van der Waals surface area (Å²) < 4.78 is 15.3. The molecule has 1 aliphatic rings. The number of Topliss-reactive ketones (excluding diaryl/α,β-unsaturated/α-hetero) is 1. The van der Waals surface area contributed by atoms with Gasteiger partial charge in [0, 0.05) is 6.54 Å². The van der Waals surface area contributed by atoms with Crippen molar-refractivity contribution in [2.24, 2.45) is 0 Å². The van der Waals surface area contributed by atoms with E-state index in [-0.39, 0.29) is 18.5 Å². The Kier molecular flexibility index (Phi) is 6.15. The number of methoxy groups -OCH3 is 2. The Morgan fingerprint density at radius 1 is 0.933 bits per heavy atom. The molecular formula is C22H21NO7. The average Bonchev–Trinajstić information content (AvgIpc) is 2.99. The number of ether oxygens (including phenoxy) is 3. The van der Waals surface area contributed by atoms with Crippen molar-refractivity contribution in [3.63, 3.8) is 0 Å². The summed E-state index contributed by atoms with van der Waals surface area (Å²) in [6.07, 6.45) is -0.215. The predicted molar refractivity (Wildman–Crippen MR) is 106 cm³/mol. The van der Waals surface area contributed by atoms with Gasteiger partial charge >= 0.3 is 5.97 Å². The molecular weight excluding hydrogens is 390 g/mol. The third kappa shape index (κ3) is 4.17. The van der Waals surface area contributed by atoms with Crippen LogP contribution < -0.4 is 9.47 Å². The van der Waals surface area contributed by atoms with E-state index in [1.807, 2.05) is 6.92 Å². The highest BCUT2D eigenvalue weighted by atomic mass is 16.5. The number of imide groups is 1. The van der Waals surface area contributed by atoms with Crippen LogP contribution in [0.15, 0.2) is 36.4 Å². The van der Waals surface area contributed by atoms with E-state index in [1.165, 1.54) is 20.3 Å². The average molecular weight is 411 g/mol. The summed E-state index contributed by atoms with van der Waals surface area (Å²) in [5, 5.41) is 0. The lowest BCUT2D eigenvalue weighted by Crippen LogP contribution is -2.32. The number of hydrogen-bond acceptors (Lipinski definition) is 7. The Balaban J connectivity index is 1.57. The smallest absolute Gasteiger partial charge is 0.308 e. The SMILES string of the molecule is COc1ccc(OC)c(C(=O)COC(=O)CCN2C(=O)c3ccc(C)cc3C2=O)c1. The van der Waals surface area contributed by atoms with E-state index in [1.54, 1.807) is 30.3 Å². The number of fused-ring (bicyclic) bond motifs is 1. The maximum absolute atomic E-state index is 12.4. The summed E-state index contributed by atoms with van der Waals surface area (Å²) in [6.45, 7) is 1.21. The van der Waals surface area contributed by atoms with Gasteiger partial charge in [-0.1, -0.05) is 11.6 Å². The van der Waals surface area contributed by atoms with E-state index >= 15 is 0 Å². The van der Waals surface area contributed by atoms with Gasteiger partial charge in [0.2, 0.25) is 5.78 Å². The molecule has 0 spiro atoms. The number of aryl methyl sites for hydroxylation is 1. The fourth-order valence-corrected chi connectivity index (χ4v) is 3.14. The van der Waals surface area contributed by atoms with Crippen LogP contribution in [0.2, 0.25) is 0 Å². The molecule has 1 aliphatic heterocycles. The lowest BCUT2D eigenvalue weighted by atomic mass is 10.1. The van der Waals surface area contributed by atoms with Gasteiger partial charge in [0.15, 0.2) is 6.61 Å². The molecule has 0 N–H and O–H groups in total. The van der Waals surface area contributed by atoms with E-state index in [4.69, 9.17) is 14.2 Å². The van der Waals surface area contributed by atoms with Crippen LogP contribution in [0.5, 0.6) is 11.5 Å². The third-order valence-corrected chi connectivity index (χ3v) is 4.74. The zero-order valence-electron chi connectivity index (χ0n) is 16.9. The Morgan fingerprint density at radius 2 is 1.67 bits per heavy atom. The van der Waals surface area contributed by atoms with E-state index in [0.29, 0.717) is 22.6 Å². The molecule has 2 aromatic carbocycles. The molecule has 0 atom stereocenters. The van der Waals surface area contributed by atoms with E-state index in [2.05, 4.69) is 0 Å². The largest absolute Gasteiger partial charge is 0.497 e. The minimum absolute atomic E-state index is 0.124. The van der Waals surface area contributed by atoms with Crippen LogP contribution >= 0.6 is 0 Å². The van der Waals surface area contributed by atoms with Crippen molar-refractivity contribution in [3.8, 4) is 11.5 Å². The number of ketones is 1. The fourth-order valence-electron chi connectivity index (χ4n) is 3.14. The molecule has 0 radical (unpaired) electrons. The summed E-state index contributed by atoms with van der Waals surface area (Å²) in [5.41, 5.74) is 1.73. The number of esters is 1. The van der Waals surface area contributed by atoms with Gasteiger partial charge in [0.25, 0.3) is 11.8 Å². The lowest BCUT2D eigenvalue weighted by Gasteiger charge is -2.13. The highest BCUT2D eigenvalue weighted by Crippen LogP contribution is 2.25. The highest BCUT2D eigenvalue weighted by Gasteiger charge is 2.35. The molecule has 8 heteroatoms. The summed E-state index contributed by atoms with van der Waals surface area (Å²) in [4.78, 5) is 50.3. The van der Waals surface area contributed by atoms with Gasteiger partial charge in [-0.15, -0.1) is 0 Å². The predicted octanol–water partition coefficient (Wildman–Crippen LogP) is 2.42. The first-order valence-electron chi connectivity index (χ1n) is 9.23. The molecule has 2 aromatic rings. The summed E-state index contributed by atoms with van der Waals surface area (Å²) >= 11 is 0. The van der Waals surface area contributed by atoms with Gasteiger partial charge in [-0.3, -0.25) is 24.1 Å². The first-order chi connectivity index (χ1) is 14.3. The first-order valence-corrected chi connectivity index (χ1v) is 9.23. The van der Waals surface area contributed by atoms with Crippen molar-refractivity contribution >= 4 is 23.6 Å². The summed E-state index contributed by atoms with van der Waals surface area (Å²) in [6, 6.07) is 9.72. The molecule has 0 fully saturated rings. The third-order valence-electron chi connectivity index (χ3n) is 4.74. The van der Waals surface area contributed by atoms with Crippen molar-refractivity contribution < 1.29 is 33.4 Å². The Bertz CT molecular complexity index is 1030. The van der Waals surface area contributed by atoms with Gasteiger partial charge in [-0.05, 0) is 37.3 Å². The zero-order chi connectivity index (χ0) is 21.8. The Hall–Kier alpha value is -3.68. The zero-order valence-corrected chi connectivity index (χ0v) is 16.9. The van der Waals surface area contributed by atoms with Crippen molar-refractivity contribution in [3.05, 3.63) is 58.7 Å². The van der Waals surface area contributed by atoms with Crippen LogP contribution in [0.3, 0.4) is 0 Å². The summed E-state index contributed by atoms with van der Waals surface area (Å²) in [7, 11) is 2.89. The number of benzene rings is 2.